The van der Waals surface area contributed by atoms with Crippen LogP contribution in [0.4, 0.5) is 13.2 Å². The van der Waals surface area contributed by atoms with Gasteiger partial charge in [-0.05, 0) is 19.3 Å². The molecule has 14 heavy (non-hydrogen) atoms. The Morgan fingerprint density at radius 1 is 1.36 bits per heavy atom. The van der Waals surface area contributed by atoms with Crippen LogP contribution < -0.4 is 0 Å². The van der Waals surface area contributed by atoms with Crippen molar-refractivity contribution in [3.05, 3.63) is 0 Å². The molecule has 0 aliphatic heterocycles. The number of alkyl halides is 3. The Morgan fingerprint density at radius 3 is 2.43 bits per heavy atom. The normalized spacial score (nSPS) is 27.2. The number of oxime groups is 2. The van der Waals surface area contributed by atoms with E-state index in [4.69, 9.17) is 10.4 Å². The van der Waals surface area contributed by atoms with Crippen LogP contribution in [0.5, 0.6) is 0 Å². The molecule has 1 atom stereocenters. The van der Waals surface area contributed by atoms with Gasteiger partial charge in [0.25, 0.3) is 0 Å². The fraction of sp³-hybridized carbons (Fsp3) is 0.714. The maximum Gasteiger partial charge on any atom is 0.433 e. The lowest BCUT2D eigenvalue weighted by molar-refractivity contribution is -0.0639. The highest BCUT2D eigenvalue weighted by Gasteiger charge is 2.45. The van der Waals surface area contributed by atoms with Gasteiger partial charge in [-0.3, -0.25) is 0 Å². The van der Waals surface area contributed by atoms with Crippen molar-refractivity contribution in [1.29, 1.82) is 0 Å². The highest BCUT2D eigenvalue weighted by atomic mass is 19.4. The summed E-state index contributed by atoms with van der Waals surface area (Å²) in [6.07, 6.45) is -3.69. The predicted octanol–water partition coefficient (Wildman–Crippen LogP) is 2.01. The van der Waals surface area contributed by atoms with Crippen molar-refractivity contribution in [2.24, 2.45) is 16.2 Å². The summed E-state index contributed by atoms with van der Waals surface area (Å²) in [6.45, 7) is 0. The average molecular weight is 210 g/mol. The quantitative estimate of drug-likeness (QED) is 0.395. The van der Waals surface area contributed by atoms with Crippen molar-refractivity contribution in [2.75, 3.05) is 0 Å². The van der Waals surface area contributed by atoms with Crippen LogP contribution in [0.1, 0.15) is 19.3 Å². The summed E-state index contributed by atoms with van der Waals surface area (Å²) >= 11 is 0. The summed E-state index contributed by atoms with van der Waals surface area (Å²) in [6, 6.07) is 0. The molecular formula is C7H9F3N2O2. The summed E-state index contributed by atoms with van der Waals surface area (Å²) in [5, 5.41) is 21.7. The Kier molecular flexibility index (Phi) is 2.97. The third kappa shape index (κ3) is 1.97. The molecule has 80 valence electrons. The molecule has 2 N–H and O–H groups in total. The Bertz CT molecular complexity index is 273. The molecule has 0 saturated heterocycles. The zero-order valence-electron chi connectivity index (χ0n) is 7.12. The van der Waals surface area contributed by atoms with Crippen molar-refractivity contribution in [3.8, 4) is 0 Å². The molecule has 1 unspecified atom stereocenters. The molecule has 0 bridgehead atoms. The van der Waals surface area contributed by atoms with Crippen LogP contribution in [0.2, 0.25) is 0 Å². The van der Waals surface area contributed by atoms with Crippen LogP contribution in [-0.2, 0) is 0 Å². The number of hydrogen-bond acceptors (Lipinski definition) is 4. The average Bonchev–Trinajstić information content (AvgIpc) is 2.51. The second kappa shape index (κ2) is 3.85. The van der Waals surface area contributed by atoms with Gasteiger partial charge in [0.2, 0.25) is 0 Å². The van der Waals surface area contributed by atoms with Crippen LogP contribution in [0.15, 0.2) is 10.3 Å². The van der Waals surface area contributed by atoms with Crippen LogP contribution in [-0.4, -0.2) is 28.0 Å². The van der Waals surface area contributed by atoms with E-state index in [2.05, 4.69) is 10.3 Å². The number of hydrogen-bond donors (Lipinski definition) is 2. The van der Waals surface area contributed by atoms with E-state index in [1.165, 1.54) is 0 Å². The lowest BCUT2D eigenvalue weighted by Crippen LogP contribution is -2.33. The van der Waals surface area contributed by atoms with Crippen molar-refractivity contribution in [2.45, 2.75) is 25.4 Å². The van der Waals surface area contributed by atoms with Gasteiger partial charge in [-0.2, -0.15) is 13.2 Å². The van der Waals surface area contributed by atoms with Gasteiger partial charge in [-0.15, -0.1) is 0 Å². The topological polar surface area (TPSA) is 65.2 Å². The molecule has 1 saturated carbocycles. The summed E-state index contributed by atoms with van der Waals surface area (Å²) in [5.74, 6) is -1.11. The third-order valence-corrected chi connectivity index (χ3v) is 2.18. The first-order chi connectivity index (χ1) is 6.50. The second-order valence-electron chi connectivity index (χ2n) is 3.02. The fourth-order valence-electron chi connectivity index (χ4n) is 1.57. The maximum atomic E-state index is 12.3. The molecule has 1 aliphatic rings. The van der Waals surface area contributed by atoms with Gasteiger partial charge in [-0.25, -0.2) is 0 Å². The highest BCUT2D eigenvalue weighted by molar-refractivity contribution is 6.10. The number of rotatable bonds is 1. The first-order valence-electron chi connectivity index (χ1n) is 4.00. The molecule has 0 aromatic heterocycles. The SMILES string of the molecule is O/N=C1/CCCC1/C(=N/O)C(F)(F)F. The largest absolute Gasteiger partial charge is 0.433 e. The van der Waals surface area contributed by atoms with Gasteiger partial charge >= 0.3 is 6.18 Å². The first kappa shape index (κ1) is 10.8. The Balaban J connectivity index is 2.92. The lowest BCUT2D eigenvalue weighted by Gasteiger charge is -2.14. The molecule has 1 aliphatic carbocycles. The standard InChI is InChI=1S/C7H9F3N2O2/c8-7(9,10)6(12-14)4-2-1-3-5(4)11-13/h4,13-14H,1-3H2/b11-5-,12-6-. The fourth-order valence-corrected chi connectivity index (χ4v) is 1.57. The smallest absolute Gasteiger partial charge is 0.411 e. The predicted molar refractivity (Wildman–Crippen MR) is 41.8 cm³/mol. The van der Waals surface area contributed by atoms with Gasteiger partial charge in [0.15, 0.2) is 5.71 Å². The molecule has 0 heterocycles. The van der Waals surface area contributed by atoms with Gasteiger partial charge in [0.1, 0.15) is 0 Å². The summed E-state index contributed by atoms with van der Waals surface area (Å²) < 4.78 is 36.8. The van der Waals surface area contributed by atoms with Crippen molar-refractivity contribution < 1.29 is 23.6 Å². The molecule has 0 aromatic rings. The van der Waals surface area contributed by atoms with Gasteiger partial charge in [0.05, 0.1) is 11.6 Å². The monoisotopic (exact) mass is 210 g/mol. The van der Waals surface area contributed by atoms with E-state index in [9.17, 15) is 13.2 Å². The summed E-state index contributed by atoms with van der Waals surface area (Å²) in [4.78, 5) is 0. The Morgan fingerprint density at radius 2 is 2.00 bits per heavy atom. The van der Waals surface area contributed by atoms with Gasteiger partial charge < -0.3 is 10.4 Å². The Labute approximate surface area is 77.7 Å². The van der Waals surface area contributed by atoms with E-state index in [0.717, 1.165) is 0 Å². The molecule has 1 fully saturated rings. The second-order valence-corrected chi connectivity index (χ2v) is 3.02. The minimum absolute atomic E-state index is 0.0233. The maximum absolute atomic E-state index is 12.3. The molecule has 0 aromatic carbocycles. The van der Waals surface area contributed by atoms with Crippen molar-refractivity contribution in [1.82, 2.24) is 0 Å². The van der Waals surface area contributed by atoms with E-state index in [-0.39, 0.29) is 12.1 Å². The number of nitrogens with zero attached hydrogens (tertiary/aromatic N) is 2. The molecular weight excluding hydrogens is 201 g/mol. The lowest BCUT2D eigenvalue weighted by atomic mass is 10.00. The molecule has 4 nitrogen and oxygen atoms in total. The van der Waals surface area contributed by atoms with E-state index >= 15 is 0 Å². The molecule has 0 radical (unpaired) electrons. The van der Waals surface area contributed by atoms with E-state index in [0.29, 0.717) is 12.8 Å². The highest BCUT2D eigenvalue weighted by Crippen LogP contribution is 2.31. The van der Waals surface area contributed by atoms with E-state index in [1.54, 1.807) is 0 Å². The zero-order valence-corrected chi connectivity index (χ0v) is 7.12. The minimum atomic E-state index is -4.68. The van der Waals surface area contributed by atoms with Crippen LogP contribution in [0.3, 0.4) is 0 Å². The summed E-state index contributed by atoms with van der Waals surface area (Å²) in [7, 11) is 0. The van der Waals surface area contributed by atoms with E-state index in [1.807, 2.05) is 0 Å². The number of halogens is 3. The molecule has 7 heteroatoms. The van der Waals surface area contributed by atoms with Crippen LogP contribution in [0, 0.1) is 5.92 Å². The van der Waals surface area contributed by atoms with Crippen LogP contribution in [0.25, 0.3) is 0 Å². The molecule has 0 spiro atoms. The van der Waals surface area contributed by atoms with E-state index < -0.39 is 17.8 Å². The van der Waals surface area contributed by atoms with Crippen molar-refractivity contribution in [3.63, 3.8) is 0 Å². The van der Waals surface area contributed by atoms with Gasteiger partial charge in [0, 0.05) is 0 Å². The molecule has 0 amide bonds. The third-order valence-electron chi connectivity index (χ3n) is 2.18. The minimum Gasteiger partial charge on any atom is -0.411 e. The van der Waals surface area contributed by atoms with Crippen molar-refractivity contribution >= 4 is 11.4 Å². The Hall–Kier alpha value is -1.27. The first-order valence-corrected chi connectivity index (χ1v) is 4.00. The molecule has 1 rings (SSSR count). The zero-order chi connectivity index (χ0) is 10.8. The van der Waals surface area contributed by atoms with Crippen LogP contribution >= 0.6 is 0 Å². The summed E-state index contributed by atoms with van der Waals surface area (Å²) in [5.41, 5.74) is -1.27. The van der Waals surface area contributed by atoms with Gasteiger partial charge in [-0.1, -0.05) is 10.3 Å².